The van der Waals surface area contributed by atoms with Gasteiger partial charge in [-0.2, -0.15) is 11.8 Å². The van der Waals surface area contributed by atoms with E-state index in [-0.39, 0.29) is 5.92 Å². The molecule has 1 atom stereocenters. The maximum Gasteiger partial charge on any atom is 0.135 e. The number of hydrogen-bond donors (Lipinski definition) is 3. The molecule has 1 aromatic heterocycles. The highest BCUT2D eigenvalue weighted by atomic mass is 32.2. The summed E-state index contributed by atoms with van der Waals surface area (Å²) < 4.78 is 0. The number of rotatable bonds is 7. The number of aliphatic hydroxyl groups is 1. The summed E-state index contributed by atoms with van der Waals surface area (Å²) in [7, 11) is 1.85. The van der Waals surface area contributed by atoms with Crippen LogP contribution in [-0.4, -0.2) is 46.3 Å². The zero-order valence-corrected chi connectivity index (χ0v) is 14.1. The van der Waals surface area contributed by atoms with Gasteiger partial charge in [-0.05, 0) is 20.1 Å². The van der Waals surface area contributed by atoms with E-state index in [1.807, 2.05) is 27.2 Å². The molecule has 20 heavy (non-hydrogen) atoms. The Hall–Kier alpha value is -1.01. The fraction of sp³-hybridized carbons (Fsp3) is 0.714. The first kappa shape index (κ1) is 17.0. The Morgan fingerprint density at radius 3 is 2.40 bits per heavy atom. The van der Waals surface area contributed by atoms with Crippen LogP contribution in [0.5, 0.6) is 0 Å². The van der Waals surface area contributed by atoms with Gasteiger partial charge in [0.1, 0.15) is 17.5 Å². The van der Waals surface area contributed by atoms with Crippen molar-refractivity contribution in [3.8, 4) is 0 Å². The number of thioether (sulfide) groups is 1. The number of hydrogen-bond acceptors (Lipinski definition) is 6. The van der Waals surface area contributed by atoms with Gasteiger partial charge in [0.2, 0.25) is 0 Å². The predicted molar refractivity (Wildman–Crippen MR) is 87.9 cm³/mol. The summed E-state index contributed by atoms with van der Waals surface area (Å²) in [4.78, 5) is 9.07. The molecule has 0 saturated heterocycles. The van der Waals surface area contributed by atoms with Crippen LogP contribution in [0.15, 0.2) is 0 Å². The third-order valence-corrected chi connectivity index (χ3v) is 3.92. The molecule has 0 amide bonds. The lowest BCUT2D eigenvalue weighted by Gasteiger charge is -2.24. The van der Waals surface area contributed by atoms with E-state index < -0.39 is 5.60 Å². The van der Waals surface area contributed by atoms with Gasteiger partial charge < -0.3 is 15.7 Å². The fourth-order valence-corrected chi connectivity index (χ4v) is 2.57. The Labute approximate surface area is 126 Å². The molecule has 0 bridgehead atoms. The highest BCUT2D eigenvalue weighted by Crippen LogP contribution is 2.23. The van der Waals surface area contributed by atoms with Gasteiger partial charge in [-0.1, -0.05) is 13.8 Å². The monoisotopic (exact) mass is 298 g/mol. The maximum absolute atomic E-state index is 10.2. The van der Waals surface area contributed by atoms with E-state index in [0.29, 0.717) is 12.3 Å². The van der Waals surface area contributed by atoms with Crippen LogP contribution in [0.4, 0.5) is 11.6 Å². The van der Waals surface area contributed by atoms with Crippen molar-refractivity contribution in [2.45, 2.75) is 39.2 Å². The Morgan fingerprint density at radius 1 is 1.30 bits per heavy atom. The van der Waals surface area contributed by atoms with Crippen LogP contribution in [0.2, 0.25) is 0 Å². The predicted octanol–water partition coefficient (Wildman–Crippen LogP) is 2.48. The normalized spacial score (nSPS) is 14.2. The molecular formula is C14H26N4OS. The molecule has 1 rings (SSSR count). The third kappa shape index (κ3) is 4.52. The van der Waals surface area contributed by atoms with Crippen LogP contribution in [0.3, 0.4) is 0 Å². The molecule has 0 aliphatic rings. The SMILES string of the molecule is CNc1nc(C(C)C)nc(NCC(C)(O)CSC)c1C. The lowest BCUT2D eigenvalue weighted by atomic mass is 10.1. The largest absolute Gasteiger partial charge is 0.387 e. The van der Waals surface area contributed by atoms with Crippen molar-refractivity contribution in [1.82, 2.24) is 9.97 Å². The summed E-state index contributed by atoms with van der Waals surface area (Å²) in [5.74, 6) is 3.35. The van der Waals surface area contributed by atoms with Crippen molar-refractivity contribution >= 4 is 23.4 Å². The van der Waals surface area contributed by atoms with Gasteiger partial charge in [-0.15, -0.1) is 0 Å². The van der Waals surface area contributed by atoms with Crippen LogP contribution in [0, 0.1) is 6.92 Å². The molecule has 0 saturated carbocycles. The standard InChI is InChI=1S/C14H26N4OS/c1-9(2)11-17-12(15-5)10(3)13(18-11)16-7-14(4,19)8-20-6/h9,19H,7-8H2,1-6H3,(H2,15,16,17,18). The van der Waals surface area contributed by atoms with E-state index in [4.69, 9.17) is 0 Å². The minimum absolute atomic E-state index is 0.259. The summed E-state index contributed by atoms with van der Waals surface area (Å²) >= 11 is 1.63. The van der Waals surface area contributed by atoms with E-state index in [1.54, 1.807) is 11.8 Å². The molecule has 0 fully saturated rings. The van der Waals surface area contributed by atoms with Gasteiger partial charge in [0.25, 0.3) is 0 Å². The average Bonchev–Trinajstić information content (AvgIpc) is 2.37. The molecule has 1 aromatic rings. The summed E-state index contributed by atoms with van der Waals surface area (Å²) in [5, 5.41) is 16.6. The van der Waals surface area contributed by atoms with Crippen LogP contribution in [0.25, 0.3) is 0 Å². The molecule has 0 radical (unpaired) electrons. The van der Waals surface area contributed by atoms with Crippen molar-refractivity contribution in [1.29, 1.82) is 0 Å². The molecule has 1 unspecified atom stereocenters. The highest BCUT2D eigenvalue weighted by molar-refractivity contribution is 7.98. The smallest absolute Gasteiger partial charge is 0.135 e. The van der Waals surface area contributed by atoms with Crippen LogP contribution in [-0.2, 0) is 0 Å². The number of nitrogens with zero attached hydrogens (tertiary/aromatic N) is 2. The van der Waals surface area contributed by atoms with Crippen LogP contribution >= 0.6 is 11.8 Å². The second-order valence-electron chi connectivity index (χ2n) is 5.59. The summed E-state index contributed by atoms with van der Waals surface area (Å²) in [6.07, 6.45) is 1.99. The Morgan fingerprint density at radius 2 is 1.90 bits per heavy atom. The van der Waals surface area contributed by atoms with E-state index in [0.717, 1.165) is 23.0 Å². The zero-order chi connectivity index (χ0) is 15.3. The van der Waals surface area contributed by atoms with Gasteiger partial charge in [0.05, 0.1) is 5.60 Å². The van der Waals surface area contributed by atoms with Gasteiger partial charge in [-0.25, -0.2) is 9.97 Å². The highest BCUT2D eigenvalue weighted by Gasteiger charge is 2.21. The van der Waals surface area contributed by atoms with E-state index in [2.05, 4.69) is 34.4 Å². The van der Waals surface area contributed by atoms with Crippen molar-refractivity contribution in [2.24, 2.45) is 0 Å². The summed E-state index contributed by atoms with van der Waals surface area (Å²) in [6.45, 7) is 8.40. The molecule has 6 heteroatoms. The first-order chi connectivity index (χ1) is 9.30. The molecule has 114 valence electrons. The number of nitrogens with one attached hydrogen (secondary N) is 2. The van der Waals surface area contributed by atoms with E-state index >= 15 is 0 Å². The van der Waals surface area contributed by atoms with E-state index in [9.17, 15) is 5.11 Å². The topological polar surface area (TPSA) is 70.1 Å². The number of anilines is 2. The molecule has 3 N–H and O–H groups in total. The molecule has 5 nitrogen and oxygen atoms in total. The fourth-order valence-electron chi connectivity index (χ4n) is 1.84. The molecule has 0 aliphatic carbocycles. The first-order valence-electron chi connectivity index (χ1n) is 6.82. The van der Waals surface area contributed by atoms with Crippen molar-refractivity contribution in [3.05, 3.63) is 11.4 Å². The van der Waals surface area contributed by atoms with Gasteiger partial charge in [0, 0.05) is 30.8 Å². The lowest BCUT2D eigenvalue weighted by molar-refractivity contribution is 0.0996. The molecule has 0 spiro atoms. The average molecular weight is 298 g/mol. The molecule has 0 aromatic carbocycles. The molecular weight excluding hydrogens is 272 g/mol. The second-order valence-corrected chi connectivity index (χ2v) is 6.46. The zero-order valence-electron chi connectivity index (χ0n) is 13.2. The maximum atomic E-state index is 10.2. The van der Waals surface area contributed by atoms with Crippen molar-refractivity contribution in [3.63, 3.8) is 0 Å². The minimum atomic E-state index is -0.755. The Kier molecular flexibility index (Phi) is 6.07. The second kappa shape index (κ2) is 7.13. The van der Waals surface area contributed by atoms with Gasteiger partial charge in [-0.3, -0.25) is 0 Å². The van der Waals surface area contributed by atoms with E-state index in [1.165, 1.54) is 0 Å². The third-order valence-electron chi connectivity index (χ3n) is 3.01. The first-order valence-corrected chi connectivity index (χ1v) is 8.21. The van der Waals surface area contributed by atoms with Crippen LogP contribution < -0.4 is 10.6 Å². The summed E-state index contributed by atoms with van der Waals surface area (Å²) in [5.41, 5.74) is 0.214. The molecule has 1 heterocycles. The minimum Gasteiger partial charge on any atom is -0.387 e. The van der Waals surface area contributed by atoms with Crippen molar-refractivity contribution in [2.75, 3.05) is 36.2 Å². The van der Waals surface area contributed by atoms with Crippen LogP contribution in [0.1, 0.15) is 38.1 Å². The Balaban J connectivity index is 2.96. The lowest BCUT2D eigenvalue weighted by Crippen LogP contribution is -2.36. The van der Waals surface area contributed by atoms with Gasteiger partial charge >= 0.3 is 0 Å². The summed E-state index contributed by atoms with van der Waals surface area (Å²) in [6, 6.07) is 0. The van der Waals surface area contributed by atoms with Crippen molar-refractivity contribution < 1.29 is 5.11 Å². The van der Waals surface area contributed by atoms with Gasteiger partial charge in [0.15, 0.2) is 0 Å². The quantitative estimate of drug-likeness (QED) is 0.718. The Bertz CT molecular complexity index is 449. The number of aromatic nitrogens is 2. The molecule has 0 aliphatic heterocycles.